The van der Waals surface area contributed by atoms with E-state index in [1.807, 2.05) is 6.07 Å². The van der Waals surface area contributed by atoms with Gasteiger partial charge in [-0.1, -0.05) is 25.1 Å². The highest BCUT2D eigenvalue weighted by molar-refractivity contribution is 5.81. The van der Waals surface area contributed by atoms with Crippen LogP contribution in [0.15, 0.2) is 35.3 Å². The van der Waals surface area contributed by atoms with Crippen LogP contribution in [0.5, 0.6) is 0 Å². The van der Waals surface area contributed by atoms with Crippen LogP contribution in [0, 0.1) is 5.92 Å². The Morgan fingerprint density at radius 2 is 2.20 bits per heavy atom. The number of aliphatic imine (C=N–C) groups is 1. The van der Waals surface area contributed by atoms with Gasteiger partial charge >= 0.3 is 0 Å². The number of benzene rings is 1. The van der Waals surface area contributed by atoms with Crippen LogP contribution in [0.25, 0.3) is 10.9 Å². The number of para-hydroxylation sites is 1. The van der Waals surface area contributed by atoms with Crippen molar-refractivity contribution in [2.24, 2.45) is 10.9 Å². The molecule has 0 spiro atoms. The van der Waals surface area contributed by atoms with Crippen molar-refractivity contribution in [3.05, 3.63) is 36.0 Å². The Bertz CT molecular complexity index is 581. The van der Waals surface area contributed by atoms with Gasteiger partial charge in [-0.15, -0.1) is 0 Å². The average Bonchev–Trinajstić information content (AvgIpc) is 2.99. The molecule has 106 valence electrons. The molecule has 1 aromatic heterocycles. The molecule has 0 radical (unpaired) electrons. The van der Waals surface area contributed by atoms with Crippen LogP contribution in [0.2, 0.25) is 0 Å². The third kappa shape index (κ3) is 2.95. The zero-order valence-electron chi connectivity index (χ0n) is 12.1. The summed E-state index contributed by atoms with van der Waals surface area (Å²) in [4.78, 5) is 8.06. The molecule has 3 rings (SSSR count). The maximum Gasteiger partial charge on any atom is 0.191 e. The molecule has 1 fully saturated rings. The van der Waals surface area contributed by atoms with Crippen molar-refractivity contribution in [2.75, 3.05) is 6.54 Å². The van der Waals surface area contributed by atoms with E-state index in [4.69, 9.17) is 0 Å². The fourth-order valence-electron chi connectivity index (χ4n) is 2.40. The maximum atomic E-state index is 4.66. The zero-order valence-corrected chi connectivity index (χ0v) is 12.1. The third-order valence-corrected chi connectivity index (χ3v) is 3.77. The molecule has 0 amide bonds. The fraction of sp³-hybridized carbons (Fsp3) is 0.438. The summed E-state index contributed by atoms with van der Waals surface area (Å²) in [6, 6.07) is 11.1. The molecule has 1 aromatic carbocycles. The number of nitrogens with one attached hydrogen (secondary N) is 3. The lowest BCUT2D eigenvalue weighted by Gasteiger charge is -2.10. The molecule has 1 heterocycles. The molecule has 0 bridgehead atoms. The van der Waals surface area contributed by atoms with Crippen LogP contribution in [-0.2, 0) is 6.54 Å². The monoisotopic (exact) mass is 270 g/mol. The van der Waals surface area contributed by atoms with Gasteiger partial charge < -0.3 is 15.6 Å². The van der Waals surface area contributed by atoms with Gasteiger partial charge in [0.1, 0.15) is 0 Å². The normalized spacial score (nSPS) is 22.0. The quantitative estimate of drug-likeness (QED) is 0.591. The number of rotatable bonds is 4. The lowest BCUT2D eigenvalue weighted by molar-refractivity contribution is 0.765. The molecule has 2 unspecified atom stereocenters. The molecule has 3 N–H and O–H groups in total. The summed E-state index contributed by atoms with van der Waals surface area (Å²) in [5.74, 6) is 1.69. The van der Waals surface area contributed by atoms with Crippen LogP contribution in [0.4, 0.5) is 0 Å². The first-order valence-corrected chi connectivity index (χ1v) is 7.37. The molecule has 0 saturated heterocycles. The van der Waals surface area contributed by atoms with Gasteiger partial charge in [-0.2, -0.15) is 0 Å². The summed E-state index contributed by atoms with van der Waals surface area (Å²) >= 11 is 0. The van der Waals surface area contributed by atoms with Gasteiger partial charge in [-0.05, 0) is 36.8 Å². The van der Waals surface area contributed by atoms with E-state index >= 15 is 0 Å². The van der Waals surface area contributed by atoms with Gasteiger partial charge in [0.15, 0.2) is 5.96 Å². The predicted molar refractivity (Wildman–Crippen MR) is 83.8 cm³/mol. The van der Waals surface area contributed by atoms with Gasteiger partial charge in [-0.25, -0.2) is 4.99 Å². The molecule has 2 atom stereocenters. The number of guanidine groups is 1. The molecular weight excluding hydrogens is 248 g/mol. The second-order valence-corrected chi connectivity index (χ2v) is 5.54. The molecule has 4 nitrogen and oxygen atoms in total. The molecule has 1 aliphatic carbocycles. The van der Waals surface area contributed by atoms with Crippen molar-refractivity contribution < 1.29 is 0 Å². The largest absolute Gasteiger partial charge is 0.357 e. The number of hydrogen-bond acceptors (Lipinski definition) is 1. The molecule has 1 saturated carbocycles. The van der Waals surface area contributed by atoms with E-state index in [1.54, 1.807) is 0 Å². The highest BCUT2D eigenvalue weighted by Crippen LogP contribution is 2.28. The van der Waals surface area contributed by atoms with Gasteiger partial charge in [0.05, 0.1) is 6.54 Å². The minimum absolute atomic E-state index is 0.593. The molecule has 20 heavy (non-hydrogen) atoms. The molecular formula is C16H22N4. The summed E-state index contributed by atoms with van der Waals surface area (Å²) in [6.07, 6.45) is 1.25. The number of fused-ring (bicyclic) bond motifs is 1. The van der Waals surface area contributed by atoms with Crippen LogP contribution < -0.4 is 10.6 Å². The lowest BCUT2D eigenvalue weighted by Crippen LogP contribution is -2.39. The van der Waals surface area contributed by atoms with E-state index in [0.29, 0.717) is 12.6 Å². The Morgan fingerprint density at radius 1 is 1.40 bits per heavy atom. The van der Waals surface area contributed by atoms with Gasteiger partial charge in [0.25, 0.3) is 0 Å². The van der Waals surface area contributed by atoms with Crippen molar-refractivity contribution in [1.82, 2.24) is 15.6 Å². The second-order valence-electron chi connectivity index (χ2n) is 5.54. The summed E-state index contributed by atoms with van der Waals surface area (Å²) in [5.41, 5.74) is 2.32. The van der Waals surface area contributed by atoms with E-state index in [2.05, 4.69) is 58.7 Å². The lowest BCUT2D eigenvalue weighted by atomic mass is 10.2. The Balaban J connectivity index is 1.69. The predicted octanol–water partition coefficient (Wildman–Crippen LogP) is 2.63. The van der Waals surface area contributed by atoms with Crippen LogP contribution in [0.3, 0.4) is 0 Å². The van der Waals surface area contributed by atoms with Crippen molar-refractivity contribution in [3.8, 4) is 0 Å². The Kier molecular flexibility index (Phi) is 3.63. The van der Waals surface area contributed by atoms with Crippen LogP contribution >= 0.6 is 0 Å². The SMILES string of the molecule is CCNC(=NCc1cc2ccccc2[nH]1)NC1CC1C. The molecule has 2 aromatic rings. The summed E-state index contributed by atoms with van der Waals surface area (Å²) in [5, 5.41) is 8.02. The van der Waals surface area contributed by atoms with E-state index in [0.717, 1.165) is 24.1 Å². The van der Waals surface area contributed by atoms with Crippen molar-refractivity contribution in [1.29, 1.82) is 0 Å². The second kappa shape index (κ2) is 5.57. The van der Waals surface area contributed by atoms with Gasteiger partial charge in [0.2, 0.25) is 0 Å². The third-order valence-electron chi connectivity index (χ3n) is 3.77. The number of hydrogen-bond donors (Lipinski definition) is 3. The van der Waals surface area contributed by atoms with Crippen LogP contribution in [0.1, 0.15) is 26.0 Å². The smallest absolute Gasteiger partial charge is 0.191 e. The number of aromatic nitrogens is 1. The van der Waals surface area contributed by atoms with E-state index < -0.39 is 0 Å². The average molecular weight is 270 g/mol. The number of aromatic amines is 1. The van der Waals surface area contributed by atoms with E-state index in [1.165, 1.54) is 17.3 Å². The van der Waals surface area contributed by atoms with Gasteiger partial charge in [0, 0.05) is 23.8 Å². The van der Waals surface area contributed by atoms with Crippen molar-refractivity contribution >= 4 is 16.9 Å². The maximum absolute atomic E-state index is 4.66. The summed E-state index contributed by atoms with van der Waals surface area (Å²) in [6.45, 7) is 5.92. The topological polar surface area (TPSA) is 52.2 Å². The Hall–Kier alpha value is -1.97. The molecule has 4 heteroatoms. The van der Waals surface area contributed by atoms with Crippen LogP contribution in [-0.4, -0.2) is 23.5 Å². The minimum atomic E-state index is 0.593. The van der Waals surface area contributed by atoms with Crippen molar-refractivity contribution in [2.45, 2.75) is 32.9 Å². The number of H-pyrrole nitrogens is 1. The van der Waals surface area contributed by atoms with E-state index in [-0.39, 0.29) is 0 Å². The Labute approximate surface area is 119 Å². The van der Waals surface area contributed by atoms with Crippen molar-refractivity contribution in [3.63, 3.8) is 0 Å². The standard InChI is InChI=1S/C16H22N4/c1-3-17-16(20-15-8-11(15)2)18-10-13-9-12-6-4-5-7-14(12)19-13/h4-7,9,11,15,19H,3,8,10H2,1-2H3,(H2,17,18,20). The fourth-order valence-corrected chi connectivity index (χ4v) is 2.40. The molecule has 1 aliphatic rings. The highest BCUT2D eigenvalue weighted by atomic mass is 15.2. The summed E-state index contributed by atoms with van der Waals surface area (Å²) in [7, 11) is 0. The highest BCUT2D eigenvalue weighted by Gasteiger charge is 2.33. The number of nitrogens with zero attached hydrogens (tertiary/aromatic N) is 1. The first-order valence-electron chi connectivity index (χ1n) is 7.37. The zero-order chi connectivity index (χ0) is 13.9. The molecule has 0 aliphatic heterocycles. The Morgan fingerprint density at radius 3 is 2.90 bits per heavy atom. The first-order chi connectivity index (χ1) is 9.76. The van der Waals surface area contributed by atoms with Gasteiger partial charge in [-0.3, -0.25) is 0 Å². The van der Waals surface area contributed by atoms with E-state index in [9.17, 15) is 0 Å². The first kappa shape index (κ1) is 13.0. The minimum Gasteiger partial charge on any atom is -0.357 e. The summed E-state index contributed by atoms with van der Waals surface area (Å²) < 4.78 is 0.